The highest BCUT2D eigenvalue weighted by molar-refractivity contribution is 7.80. The molecule has 0 saturated heterocycles. The van der Waals surface area contributed by atoms with E-state index in [2.05, 4.69) is 28.0 Å². The minimum Gasteiger partial charge on any atom is -0.497 e. The van der Waals surface area contributed by atoms with E-state index < -0.39 is 0 Å². The first-order valence-electron chi connectivity index (χ1n) is 9.52. The van der Waals surface area contributed by atoms with Gasteiger partial charge in [0, 0.05) is 36.1 Å². The first-order chi connectivity index (χ1) is 15.1. The van der Waals surface area contributed by atoms with Crippen LogP contribution in [0.5, 0.6) is 11.5 Å². The Bertz CT molecular complexity index is 961. The van der Waals surface area contributed by atoms with Gasteiger partial charge in [-0.25, -0.2) is 0 Å². The van der Waals surface area contributed by atoms with E-state index in [4.69, 9.17) is 32.2 Å². The van der Waals surface area contributed by atoms with Crippen LogP contribution < -0.4 is 25.1 Å². The monoisotopic (exact) mass is 436 g/mol. The van der Waals surface area contributed by atoms with Gasteiger partial charge in [-0.1, -0.05) is 0 Å². The minimum absolute atomic E-state index is 0.344. The maximum Gasteiger partial charge on any atom is 0.191 e. The molecule has 9 heteroatoms. The van der Waals surface area contributed by atoms with Gasteiger partial charge < -0.3 is 19.7 Å². The van der Waals surface area contributed by atoms with Crippen LogP contribution in [0.1, 0.15) is 18.4 Å². The van der Waals surface area contributed by atoms with Crippen LogP contribution in [0, 0.1) is 22.7 Å². The van der Waals surface area contributed by atoms with E-state index in [0.717, 1.165) is 22.7 Å². The van der Waals surface area contributed by atoms with Gasteiger partial charge in [0.1, 0.15) is 11.5 Å². The Morgan fingerprint density at radius 3 is 2.32 bits per heavy atom. The van der Waals surface area contributed by atoms with Crippen LogP contribution in [0.25, 0.3) is 0 Å². The summed E-state index contributed by atoms with van der Waals surface area (Å²) in [6.45, 7) is 1.09. The highest BCUT2D eigenvalue weighted by Gasteiger charge is 2.10. The number of ether oxygens (including phenoxy) is 2. The van der Waals surface area contributed by atoms with E-state index in [1.54, 1.807) is 20.4 Å². The van der Waals surface area contributed by atoms with Crippen LogP contribution in [-0.4, -0.2) is 38.6 Å². The SMILES string of the molecule is COc1ccc(NC(=S)N/N=C\c2ccc(N(CCC#N)CCC#N)cc2OC)cc1. The molecule has 31 heavy (non-hydrogen) atoms. The number of hydrogen-bond donors (Lipinski definition) is 2. The van der Waals surface area contributed by atoms with E-state index in [0.29, 0.717) is 36.8 Å². The number of nitriles is 2. The Balaban J connectivity index is 2.02. The lowest BCUT2D eigenvalue weighted by molar-refractivity contribution is 0.414. The van der Waals surface area contributed by atoms with E-state index >= 15 is 0 Å². The van der Waals surface area contributed by atoms with Crippen molar-refractivity contribution in [1.29, 1.82) is 10.5 Å². The molecule has 0 bridgehead atoms. The highest BCUT2D eigenvalue weighted by Crippen LogP contribution is 2.25. The van der Waals surface area contributed by atoms with E-state index in [1.807, 2.05) is 47.4 Å². The van der Waals surface area contributed by atoms with Crippen LogP contribution >= 0.6 is 12.2 Å². The molecule has 0 aliphatic heterocycles. The molecule has 2 aromatic rings. The molecule has 0 spiro atoms. The number of hydrogen-bond acceptors (Lipinski definition) is 7. The second-order valence-corrected chi connectivity index (χ2v) is 6.69. The number of benzene rings is 2. The van der Waals surface area contributed by atoms with Crippen molar-refractivity contribution >= 4 is 34.9 Å². The van der Waals surface area contributed by atoms with Gasteiger partial charge in [-0.3, -0.25) is 5.43 Å². The van der Waals surface area contributed by atoms with Crippen LogP contribution in [0.2, 0.25) is 0 Å². The molecule has 0 aliphatic carbocycles. The zero-order valence-electron chi connectivity index (χ0n) is 17.5. The molecule has 160 valence electrons. The zero-order chi connectivity index (χ0) is 22.5. The fraction of sp³-hybridized carbons (Fsp3) is 0.273. The Hall–Kier alpha value is -3.82. The van der Waals surface area contributed by atoms with Crippen molar-refractivity contribution in [3.8, 4) is 23.6 Å². The second kappa shape index (κ2) is 12.7. The summed E-state index contributed by atoms with van der Waals surface area (Å²) in [7, 11) is 3.19. The van der Waals surface area contributed by atoms with Crippen LogP contribution in [0.4, 0.5) is 11.4 Å². The third-order valence-electron chi connectivity index (χ3n) is 4.29. The molecule has 0 unspecified atom stereocenters. The smallest absolute Gasteiger partial charge is 0.191 e. The van der Waals surface area contributed by atoms with E-state index in [9.17, 15) is 0 Å². The molecule has 0 aliphatic rings. The summed E-state index contributed by atoms with van der Waals surface area (Å²) in [4.78, 5) is 1.99. The van der Waals surface area contributed by atoms with Gasteiger partial charge in [-0.05, 0) is 48.6 Å². The molecular formula is C22H24N6O2S. The first-order valence-corrected chi connectivity index (χ1v) is 9.93. The third-order valence-corrected chi connectivity index (χ3v) is 4.48. The van der Waals surface area contributed by atoms with Crippen molar-refractivity contribution in [3.05, 3.63) is 48.0 Å². The normalized spacial score (nSPS) is 10.1. The number of thiocarbonyl (C=S) groups is 1. The summed E-state index contributed by atoms with van der Waals surface area (Å²) in [5.41, 5.74) is 5.22. The van der Waals surface area contributed by atoms with Gasteiger partial charge in [-0.15, -0.1) is 0 Å². The lowest BCUT2D eigenvalue weighted by Crippen LogP contribution is -2.25. The lowest BCUT2D eigenvalue weighted by Gasteiger charge is -2.23. The average molecular weight is 437 g/mol. The van der Waals surface area contributed by atoms with Gasteiger partial charge in [0.15, 0.2) is 5.11 Å². The summed E-state index contributed by atoms with van der Waals surface area (Å²) >= 11 is 5.25. The first kappa shape index (κ1) is 23.5. The molecule has 2 N–H and O–H groups in total. The molecule has 0 aromatic heterocycles. The van der Waals surface area contributed by atoms with Gasteiger partial charge in [0.25, 0.3) is 0 Å². The van der Waals surface area contributed by atoms with Gasteiger partial charge >= 0.3 is 0 Å². The Labute approximate surface area is 187 Å². The summed E-state index contributed by atoms with van der Waals surface area (Å²) in [6, 6.07) is 17.3. The van der Waals surface area contributed by atoms with E-state index in [-0.39, 0.29) is 0 Å². The van der Waals surface area contributed by atoms with Crippen LogP contribution in [0.3, 0.4) is 0 Å². The predicted molar refractivity (Wildman–Crippen MR) is 126 cm³/mol. The molecule has 8 nitrogen and oxygen atoms in total. The quantitative estimate of drug-likeness (QED) is 0.330. The van der Waals surface area contributed by atoms with Crippen molar-refractivity contribution in [3.63, 3.8) is 0 Å². The minimum atomic E-state index is 0.344. The van der Waals surface area contributed by atoms with Crippen molar-refractivity contribution in [2.45, 2.75) is 12.8 Å². The lowest BCUT2D eigenvalue weighted by atomic mass is 10.1. The summed E-state index contributed by atoms with van der Waals surface area (Å²) in [5.74, 6) is 1.38. The summed E-state index contributed by atoms with van der Waals surface area (Å²) in [6.07, 6.45) is 2.36. The van der Waals surface area contributed by atoms with E-state index in [1.165, 1.54) is 0 Å². The van der Waals surface area contributed by atoms with Crippen LogP contribution in [0.15, 0.2) is 47.6 Å². The molecule has 2 aromatic carbocycles. The number of hydrazone groups is 1. The largest absolute Gasteiger partial charge is 0.497 e. The fourth-order valence-electron chi connectivity index (χ4n) is 2.74. The molecule has 0 saturated carbocycles. The second-order valence-electron chi connectivity index (χ2n) is 6.28. The maximum absolute atomic E-state index is 8.88. The molecule has 0 amide bonds. The highest BCUT2D eigenvalue weighted by atomic mass is 32.1. The van der Waals surface area contributed by atoms with Gasteiger partial charge in [0.05, 0.1) is 45.4 Å². The molecule has 0 radical (unpaired) electrons. The number of nitrogens with one attached hydrogen (secondary N) is 2. The van der Waals surface area contributed by atoms with Gasteiger partial charge in [-0.2, -0.15) is 15.6 Å². The summed E-state index contributed by atoms with van der Waals surface area (Å²) < 4.78 is 10.6. The number of anilines is 2. The fourth-order valence-corrected chi connectivity index (χ4v) is 2.91. The Morgan fingerprint density at radius 2 is 1.74 bits per heavy atom. The van der Waals surface area contributed by atoms with Crippen LogP contribution in [-0.2, 0) is 0 Å². The average Bonchev–Trinajstić information content (AvgIpc) is 2.80. The maximum atomic E-state index is 8.88. The molecule has 0 heterocycles. The Morgan fingerprint density at radius 1 is 1.06 bits per heavy atom. The molecule has 2 rings (SSSR count). The summed E-state index contributed by atoms with van der Waals surface area (Å²) in [5, 5.41) is 25.3. The standard InChI is InChI=1S/C22H24N6O2S/c1-29-20-9-6-18(7-10-20)26-22(31)27-25-16-17-5-8-19(15-21(17)30-2)28(13-3-11-23)14-4-12-24/h5-10,15-16H,3-4,13-14H2,1-2H3,(H2,26,27,31)/b25-16-. The number of methoxy groups -OCH3 is 2. The van der Waals surface area contributed by atoms with Crippen molar-refractivity contribution in [1.82, 2.24) is 5.43 Å². The molecule has 0 atom stereocenters. The zero-order valence-corrected chi connectivity index (χ0v) is 18.3. The number of nitrogens with zero attached hydrogens (tertiary/aromatic N) is 4. The number of rotatable bonds is 10. The van der Waals surface area contributed by atoms with Crippen molar-refractivity contribution in [2.75, 3.05) is 37.5 Å². The third kappa shape index (κ3) is 7.50. The van der Waals surface area contributed by atoms with Gasteiger partial charge in [0.2, 0.25) is 0 Å². The van der Waals surface area contributed by atoms with Crippen molar-refractivity contribution in [2.24, 2.45) is 5.10 Å². The molecule has 0 fully saturated rings. The topological polar surface area (TPSA) is 106 Å². The predicted octanol–water partition coefficient (Wildman–Crippen LogP) is 3.66. The molecular weight excluding hydrogens is 412 g/mol. The Kier molecular flexibility index (Phi) is 9.60. The van der Waals surface area contributed by atoms with Crippen molar-refractivity contribution < 1.29 is 9.47 Å².